The Morgan fingerprint density at radius 1 is 1.00 bits per heavy atom. The first-order chi connectivity index (χ1) is 15.9. The van der Waals surface area contributed by atoms with E-state index in [2.05, 4.69) is 21.9 Å². The Morgan fingerprint density at radius 3 is 2.45 bits per heavy atom. The first kappa shape index (κ1) is 24.4. The lowest BCUT2D eigenvalue weighted by Crippen LogP contribution is -2.30. The summed E-state index contributed by atoms with van der Waals surface area (Å²) in [6, 6.07) is 17.0. The van der Waals surface area contributed by atoms with E-state index in [9.17, 15) is 13.2 Å². The highest BCUT2D eigenvalue weighted by atomic mass is 32.2. The normalized spacial score (nSPS) is 11.2. The summed E-state index contributed by atoms with van der Waals surface area (Å²) in [7, 11) is -3.77. The summed E-state index contributed by atoms with van der Waals surface area (Å²) in [5.74, 6) is 0.549. The molecule has 1 aromatic heterocycles. The molecule has 2 N–H and O–H groups in total. The number of sulfonamides is 1. The summed E-state index contributed by atoms with van der Waals surface area (Å²) in [5.41, 5.74) is 1.48. The van der Waals surface area contributed by atoms with Crippen LogP contribution in [0, 0.1) is 0 Å². The first-order valence-electron chi connectivity index (χ1n) is 11.2. The third-order valence-corrected chi connectivity index (χ3v) is 6.53. The minimum Gasteiger partial charge on any atom is -0.467 e. The molecule has 176 valence electrons. The Morgan fingerprint density at radius 2 is 1.79 bits per heavy atom. The van der Waals surface area contributed by atoms with E-state index >= 15 is 0 Å². The molecular formula is C25H31N3O4S. The van der Waals surface area contributed by atoms with Gasteiger partial charge in [0.15, 0.2) is 0 Å². The van der Waals surface area contributed by atoms with E-state index < -0.39 is 10.0 Å². The minimum atomic E-state index is -3.77. The molecule has 0 aliphatic carbocycles. The lowest BCUT2D eigenvalue weighted by atomic mass is 10.1. The van der Waals surface area contributed by atoms with E-state index in [1.165, 1.54) is 12.1 Å². The van der Waals surface area contributed by atoms with Crippen molar-refractivity contribution in [3.8, 4) is 0 Å². The summed E-state index contributed by atoms with van der Waals surface area (Å²) >= 11 is 0. The maximum atomic E-state index is 13.1. The average Bonchev–Trinajstić information content (AvgIpc) is 3.34. The fourth-order valence-corrected chi connectivity index (χ4v) is 4.50. The van der Waals surface area contributed by atoms with Crippen LogP contribution in [0.2, 0.25) is 0 Å². The number of benzene rings is 2. The number of anilines is 2. The lowest BCUT2D eigenvalue weighted by molar-refractivity contribution is 0.0954. The molecule has 0 radical (unpaired) electrons. The zero-order chi connectivity index (χ0) is 23.7. The molecule has 33 heavy (non-hydrogen) atoms. The van der Waals surface area contributed by atoms with Crippen molar-refractivity contribution in [3.63, 3.8) is 0 Å². The summed E-state index contributed by atoms with van der Waals surface area (Å²) in [4.78, 5) is 15.3. The van der Waals surface area contributed by atoms with Gasteiger partial charge in [-0.1, -0.05) is 38.5 Å². The third-order valence-electron chi connectivity index (χ3n) is 5.13. The SMILES string of the molecule is CCCCN(Cc1ccco1)c1ccc(NS(=O)(=O)c2ccccc2)cc1C(=O)NCCC. The molecule has 0 aliphatic heterocycles. The van der Waals surface area contributed by atoms with Crippen LogP contribution in [-0.2, 0) is 16.6 Å². The van der Waals surface area contributed by atoms with Gasteiger partial charge in [0, 0.05) is 18.8 Å². The van der Waals surface area contributed by atoms with Crippen LogP contribution in [0.5, 0.6) is 0 Å². The third kappa shape index (κ3) is 6.61. The number of furan rings is 1. The zero-order valence-electron chi connectivity index (χ0n) is 19.1. The van der Waals surface area contributed by atoms with Gasteiger partial charge in [0.05, 0.1) is 29.0 Å². The predicted molar refractivity (Wildman–Crippen MR) is 131 cm³/mol. The standard InChI is InChI=1S/C25H31N3O4S/c1-3-5-16-28(19-21-10-9-17-32-21)24-14-13-20(18-23(24)25(29)26-15-4-2)27-33(30,31)22-11-7-6-8-12-22/h6-14,17-18,27H,3-5,15-16,19H2,1-2H3,(H,26,29). The van der Waals surface area contributed by atoms with Crippen LogP contribution in [0.3, 0.4) is 0 Å². The van der Waals surface area contributed by atoms with Gasteiger partial charge in [-0.2, -0.15) is 0 Å². The molecule has 1 amide bonds. The molecule has 2 aromatic carbocycles. The summed E-state index contributed by atoms with van der Waals surface area (Å²) in [6.45, 7) is 5.87. The molecule has 0 fully saturated rings. The van der Waals surface area contributed by atoms with Gasteiger partial charge in [0.1, 0.15) is 5.76 Å². The predicted octanol–water partition coefficient (Wildman–Crippen LogP) is 5.03. The lowest BCUT2D eigenvalue weighted by Gasteiger charge is -2.26. The van der Waals surface area contributed by atoms with Gasteiger partial charge >= 0.3 is 0 Å². The Kier molecular flexibility index (Phi) is 8.54. The number of nitrogens with one attached hydrogen (secondary N) is 2. The molecule has 7 nitrogen and oxygen atoms in total. The van der Waals surface area contributed by atoms with Gasteiger partial charge in [-0.25, -0.2) is 8.42 Å². The molecule has 0 bridgehead atoms. The van der Waals surface area contributed by atoms with Crippen LogP contribution in [0.1, 0.15) is 49.2 Å². The number of rotatable bonds is 12. The second kappa shape index (κ2) is 11.6. The van der Waals surface area contributed by atoms with Crippen LogP contribution in [0.25, 0.3) is 0 Å². The summed E-state index contributed by atoms with van der Waals surface area (Å²) in [5, 5.41) is 2.91. The average molecular weight is 470 g/mol. The Balaban J connectivity index is 1.97. The Labute approximate surface area is 195 Å². The number of carbonyl (C=O) groups excluding carboxylic acids is 1. The van der Waals surface area contributed by atoms with Gasteiger partial charge in [-0.15, -0.1) is 0 Å². The van der Waals surface area contributed by atoms with Crippen LogP contribution in [0.4, 0.5) is 11.4 Å². The number of amides is 1. The van der Waals surface area contributed by atoms with E-state index in [0.717, 1.165) is 37.3 Å². The fraction of sp³-hybridized carbons (Fsp3) is 0.320. The molecule has 0 saturated carbocycles. The largest absolute Gasteiger partial charge is 0.467 e. The van der Waals surface area contributed by atoms with Crippen LogP contribution >= 0.6 is 0 Å². The van der Waals surface area contributed by atoms with E-state index in [1.807, 2.05) is 19.1 Å². The van der Waals surface area contributed by atoms with Crippen molar-refractivity contribution in [1.82, 2.24) is 5.32 Å². The quantitative estimate of drug-likeness (QED) is 0.388. The van der Waals surface area contributed by atoms with Gasteiger partial charge in [0.25, 0.3) is 15.9 Å². The highest BCUT2D eigenvalue weighted by Crippen LogP contribution is 2.28. The minimum absolute atomic E-state index is 0.161. The van der Waals surface area contributed by atoms with E-state index in [1.54, 1.807) is 42.7 Å². The molecule has 0 unspecified atom stereocenters. The Bertz CT molecular complexity index is 1130. The second-order valence-electron chi connectivity index (χ2n) is 7.76. The van der Waals surface area contributed by atoms with Crippen molar-refractivity contribution in [3.05, 3.63) is 78.3 Å². The van der Waals surface area contributed by atoms with Gasteiger partial charge < -0.3 is 14.6 Å². The zero-order valence-corrected chi connectivity index (χ0v) is 19.9. The first-order valence-corrected chi connectivity index (χ1v) is 12.7. The van der Waals surface area contributed by atoms with Gasteiger partial charge in [-0.3, -0.25) is 9.52 Å². The monoisotopic (exact) mass is 469 g/mol. The van der Waals surface area contributed by atoms with Crippen LogP contribution < -0.4 is 14.9 Å². The van der Waals surface area contributed by atoms with Crippen LogP contribution in [0.15, 0.2) is 76.2 Å². The van der Waals surface area contributed by atoms with Crippen molar-refractivity contribution < 1.29 is 17.6 Å². The van der Waals surface area contributed by atoms with E-state index in [0.29, 0.717) is 24.3 Å². The summed E-state index contributed by atoms with van der Waals surface area (Å²) in [6.07, 6.45) is 4.37. The number of carbonyl (C=O) groups is 1. The molecule has 0 spiro atoms. The molecule has 3 aromatic rings. The maximum absolute atomic E-state index is 13.1. The van der Waals surface area contributed by atoms with Gasteiger partial charge in [0.2, 0.25) is 0 Å². The Hall–Kier alpha value is -3.26. The fourth-order valence-electron chi connectivity index (χ4n) is 3.43. The smallest absolute Gasteiger partial charge is 0.261 e. The molecule has 3 rings (SSSR count). The van der Waals surface area contributed by atoms with Crippen molar-refractivity contribution >= 4 is 27.3 Å². The molecule has 0 atom stereocenters. The van der Waals surface area contributed by atoms with Crippen molar-refractivity contribution in [2.75, 3.05) is 22.7 Å². The number of nitrogens with zero attached hydrogens (tertiary/aromatic N) is 1. The molecule has 1 heterocycles. The van der Waals surface area contributed by atoms with E-state index in [4.69, 9.17) is 4.42 Å². The second-order valence-corrected chi connectivity index (χ2v) is 9.44. The number of unbranched alkanes of at least 4 members (excludes halogenated alkanes) is 1. The highest BCUT2D eigenvalue weighted by Gasteiger charge is 2.20. The molecular weight excluding hydrogens is 438 g/mol. The van der Waals surface area contributed by atoms with Crippen molar-refractivity contribution in [2.45, 2.75) is 44.6 Å². The number of hydrogen-bond donors (Lipinski definition) is 2. The summed E-state index contributed by atoms with van der Waals surface area (Å²) < 4.78 is 33.7. The highest BCUT2D eigenvalue weighted by molar-refractivity contribution is 7.92. The molecule has 0 aliphatic rings. The number of hydrogen-bond acceptors (Lipinski definition) is 5. The maximum Gasteiger partial charge on any atom is 0.261 e. The molecule has 0 saturated heterocycles. The topological polar surface area (TPSA) is 91.7 Å². The van der Waals surface area contributed by atoms with E-state index in [-0.39, 0.29) is 10.8 Å². The van der Waals surface area contributed by atoms with Crippen molar-refractivity contribution in [2.24, 2.45) is 0 Å². The van der Waals surface area contributed by atoms with Gasteiger partial charge in [-0.05, 0) is 55.3 Å². The molecule has 8 heteroatoms. The van der Waals surface area contributed by atoms with Crippen molar-refractivity contribution in [1.29, 1.82) is 0 Å². The van der Waals surface area contributed by atoms with Crippen LogP contribution in [-0.4, -0.2) is 27.4 Å².